The van der Waals surface area contributed by atoms with E-state index in [1.807, 2.05) is 32.6 Å². The summed E-state index contributed by atoms with van der Waals surface area (Å²) in [5.41, 5.74) is -0.406. The summed E-state index contributed by atoms with van der Waals surface area (Å²) in [6.45, 7) is 10.3. The lowest BCUT2D eigenvalue weighted by Crippen LogP contribution is -2.44. The van der Waals surface area contributed by atoms with E-state index in [9.17, 15) is 4.79 Å². The molecule has 0 aromatic rings. The van der Waals surface area contributed by atoms with Gasteiger partial charge in [-0.15, -0.1) is 12.4 Å². The van der Waals surface area contributed by atoms with E-state index < -0.39 is 5.60 Å². The first-order chi connectivity index (χ1) is 6.90. The van der Waals surface area contributed by atoms with E-state index in [4.69, 9.17) is 4.74 Å². The molecule has 0 aromatic heterocycles. The van der Waals surface area contributed by atoms with Gasteiger partial charge >= 0.3 is 6.09 Å². The molecule has 0 saturated carbocycles. The molecule has 0 radical (unpaired) electrons. The summed E-state index contributed by atoms with van der Waals surface area (Å²) in [5, 5.41) is 3.30. The van der Waals surface area contributed by atoms with Crippen molar-refractivity contribution in [3.8, 4) is 0 Å². The fraction of sp³-hybridized carbons (Fsp3) is 0.909. The van der Waals surface area contributed by atoms with E-state index in [1.54, 1.807) is 0 Å². The van der Waals surface area contributed by atoms with E-state index in [2.05, 4.69) is 5.32 Å². The molecule has 16 heavy (non-hydrogen) atoms. The lowest BCUT2D eigenvalue weighted by Gasteiger charge is -2.30. The zero-order chi connectivity index (χ0) is 11.5. The number of hydrogen-bond acceptors (Lipinski definition) is 3. The van der Waals surface area contributed by atoms with Gasteiger partial charge < -0.3 is 15.0 Å². The molecule has 0 bridgehead atoms. The standard InChI is InChI=1S/C11H22N2O2.ClH/c1-9-8-12-6-5-7-13(9)10(14)15-11(2,3)4;/h9,12H,5-8H2,1-4H3;1H. The van der Waals surface area contributed by atoms with Gasteiger partial charge in [0.1, 0.15) is 5.60 Å². The first kappa shape index (κ1) is 15.5. The van der Waals surface area contributed by atoms with Gasteiger partial charge in [0.15, 0.2) is 0 Å². The monoisotopic (exact) mass is 250 g/mol. The lowest BCUT2D eigenvalue weighted by molar-refractivity contribution is 0.0192. The van der Waals surface area contributed by atoms with Gasteiger partial charge in [0.2, 0.25) is 0 Å². The number of carbonyl (C=O) groups is 1. The summed E-state index contributed by atoms with van der Waals surface area (Å²) in [6, 6.07) is 0.211. The number of ether oxygens (including phenoxy) is 1. The van der Waals surface area contributed by atoms with E-state index in [0.717, 1.165) is 26.1 Å². The van der Waals surface area contributed by atoms with Crippen LogP contribution in [0.25, 0.3) is 0 Å². The molecule has 1 rings (SSSR count). The van der Waals surface area contributed by atoms with Crippen LogP contribution in [0.2, 0.25) is 0 Å². The molecule has 1 N–H and O–H groups in total. The van der Waals surface area contributed by atoms with Crippen molar-refractivity contribution >= 4 is 18.5 Å². The average Bonchev–Trinajstić information content (AvgIpc) is 2.26. The van der Waals surface area contributed by atoms with Crippen LogP contribution in [0, 0.1) is 0 Å². The van der Waals surface area contributed by atoms with Crippen molar-refractivity contribution in [1.82, 2.24) is 10.2 Å². The molecular weight excluding hydrogens is 228 g/mol. The Morgan fingerprint density at radius 3 is 2.62 bits per heavy atom. The molecule has 1 saturated heterocycles. The minimum Gasteiger partial charge on any atom is -0.444 e. The van der Waals surface area contributed by atoms with Crippen LogP contribution in [0.3, 0.4) is 0 Å². The maximum atomic E-state index is 11.9. The number of amides is 1. The first-order valence-electron chi connectivity index (χ1n) is 5.60. The van der Waals surface area contributed by atoms with Crippen molar-refractivity contribution in [2.75, 3.05) is 19.6 Å². The minimum absolute atomic E-state index is 0. The fourth-order valence-corrected chi connectivity index (χ4v) is 1.61. The van der Waals surface area contributed by atoms with Gasteiger partial charge in [0.05, 0.1) is 0 Å². The molecule has 1 amide bonds. The Kier molecular flexibility index (Phi) is 6.11. The maximum Gasteiger partial charge on any atom is 0.410 e. The second-order valence-corrected chi connectivity index (χ2v) is 5.08. The van der Waals surface area contributed by atoms with Gasteiger partial charge in [-0.1, -0.05) is 0 Å². The van der Waals surface area contributed by atoms with Crippen molar-refractivity contribution in [2.45, 2.75) is 45.8 Å². The molecule has 0 aliphatic carbocycles. The van der Waals surface area contributed by atoms with Gasteiger partial charge in [-0.2, -0.15) is 0 Å². The van der Waals surface area contributed by atoms with Crippen LogP contribution >= 0.6 is 12.4 Å². The van der Waals surface area contributed by atoms with Crippen LogP contribution in [-0.4, -0.2) is 42.3 Å². The highest BCUT2D eigenvalue weighted by Gasteiger charge is 2.26. The van der Waals surface area contributed by atoms with Crippen LogP contribution < -0.4 is 5.32 Å². The molecule has 0 spiro atoms. The summed E-state index contributed by atoms with van der Waals surface area (Å²) in [6.07, 6.45) is 0.794. The molecule has 1 atom stereocenters. The number of rotatable bonds is 0. The van der Waals surface area contributed by atoms with Gasteiger partial charge in [-0.25, -0.2) is 4.79 Å². The maximum absolute atomic E-state index is 11.9. The fourth-order valence-electron chi connectivity index (χ4n) is 1.61. The SMILES string of the molecule is CC1CNCCCN1C(=O)OC(C)(C)C.Cl. The Hall–Kier alpha value is -0.480. The number of nitrogens with zero attached hydrogens (tertiary/aromatic N) is 1. The summed E-state index contributed by atoms with van der Waals surface area (Å²) in [4.78, 5) is 13.7. The topological polar surface area (TPSA) is 41.6 Å². The Morgan fingerprint density at radius 1 is 1.44 bits per heavy atom. The molecule has 1 aliphatic rings. The molecule has 5 heteroatoms. The predicted molar refractivity (Wildman–Crippen MR) is 67.1 cm³/mol. The molecule has 1 aliphatic heterocycles. The van der Waals surface area contributed by atoms with Gasteiger partial charge in [0, 0.05) is 19.1 Å². The molecule has 1 fully saturated rings. The third kappa shape index (κ3) is 5.03. The van der Waals surface area contributed by atoms with Crippen LogP contribution in [0.1, 0.15) is 34.1 Å². The molecule has 0 aromatic carbocycles. The molecular formula is C11H23ClN2O2. The van der Waals surface area contributed by atoms with Crippen molar-refractivity contribution < 1.29 is 9.53 Å². The Bertz CT molecular complexity index is 229. The largest absolute Gasteiger partial charge is 0.444 e. The van der Waals surface area contributed by atoms with Crippen molar-refractivity contribution in [1.29, 1.82) is 0 Å². The Morgan fingerprint density at radius 2 is 2.06 bits per heavy atom. The van der Waals surface area contributed by atoms with E-state index in [-0.39, 0.29) is 24.5 Å². The van der Waals surface area contributed by atoms with Crippen molar-refractivity contribution in [3.63, 3.8) is 0 Å². The smallest absolute Gasteiger partial charge is 0.410 e. The normalized spacial score (nSPS) is 22.0. The van der Waals surface area contributed by atoms with Gasteiger partial charge in [0.25, 0.3) is 0 Å². The second-order valence-electron chi connectivity index (χ2n) is 5.08. The zero-order valence-corrected chi connectivity index (χ0v) is 11.4. The van der Waals surface area contributed by atoms with Crippen LogP contribution in [-0.2, 0) is 4.74 Å². The van der Waals surface area contributed by atoms with E-state index in [0.29, 0.717) is 0 Å². The minimum atomic E-state index is -0.406. The lowest BCUT2D eigenvalue weighted by atomic mass is 10.2. The number of nitrogens with one attached hydrogen (secondary N) is 1. The van der Waals surface area contributed by atoms with Crippen LogP contribution in [0.5, 0.6) is 0 Å². The first-order valence-corrected chi connectivity index (χ1v) is 5.60. The predicted octanol–water partition coefficient (Wildman–Crippen LogP) is 2.03. The Balaban J connectivity index is 0.00000225. The van der Waals surface area contributed by atoms with Crippen molar-refractivity contribution in [2.24, 2.45) is 0 Å². The van der Waals surface area contributed by atoms with E-state index >= 15 is 0 Å². The van der Waals surface area contributed by atoms with Crippen molar-refractivity contribution in [3.05, 3.63) is 0 Å². The zero-order valence-electron chi connectivity index (χ0n) is 10.6. The number of hydrogen-bond donors (Lipinski definition) is 1. The Labute approximate surface area is 104 Å². The highest BCUT2D eigenvalue weighted by atomic mass is 35.5. The molecule has 96 valence electrons. The number of halogens is 1. The quantitative estimate of drug-likeness (QED) is 0.715. The summed E-state index contributed by atoms with van der Waals surface area (Å²) in [5.74, 6) is 0. The summed E-state index contributed by atoms with van der Waals surface area (Å²) < 4.78 is 5.36. The highest BCUT2D eigenvalue weighted by molar-refractivity contribution is 5.85. The highest BCUT2D eigenvalue weighted by Crippen LogP contribution is 2.13. The molecule has 1 heterocycles. The summed E-state index contributed by atoms with van der Waals surface area (Å²) >= 11 is 0. The second kappa shape index (κ2) is 6.30. The van der Waals surface area contributed by atoms with Crippen LogP contribution in [0.4, 0.5) is 4.79 Å². The third-order valence-corrected chi connectivity index (χ3v) is 2.35. The third-order valence-electron chi connectivity index (χ3n) is 2.35. The van der Waals surface area contributed by atoms with Gasteiger partial charge in [-0.3, -0.25) is 0 Å². The van der Waals surface area contributed by atoms with Gasteiger partial charge in [-0.05, 0) is 40.7 Å². The van der Waals surface area contributed by atoms with E-state index in [1.165, 1.54) is 0 Å². The van der Waals surface area contributed by atoms with Crippen LogP contribution in [0.15, 0.2) is 0 Å². The molecule has 1 unspecified atom stereocenters. The number of carbonyl (C=O) groups excluding carboxylic acids is 1. The summed E-state index contributed by atoms with van der Waals surface area (Å²) in [7, 11) is 0. The average molecular weight is 251 g/mol. The molecule has 4 nitrogen and oxygen atoms in total.